The zero-order chi connectivity index (χ0) is 13.1. The molecule has 0 radical (unpaired) electrons. The van der Waals surface area contributed by atoms with Crippen molar-refractivity contribution in [1.82, 2.24) is 4.57 Å². The van der Waals surface area contributed by atoms with E-state index in [4.69, 9.17) is 16.9 Å². The van der Waals surface area contributed by atoms with Crippen molar-refractivity contribution in [1.29, 1.82) is 5.26 Å². The van der Waals surface area contributed by atoms with E-state index in [1.165, 1.54) is 22.0 Å². The summed E-state index contributed by atoms with van der Waals surface area (Å²) in [6.07, 6.45) is 3.16. The molecule has 1 aromatic heterocycles. The molecule has 5 heteroatoms. The minimum Gasteiger partial charge on any atom is -0.301 e. The Bertz CT molecular complexity index is 778. The fraction of sp³-hybridized carbons (Fsp3) is 0.0769. The first-order chi connectivity index (χ1) is 8.61. The van der Waals surface area contributed by atoms with Gasteiger partial charge in [-0.3, -0.25) is 4.79 Å². The highest BCUT2D eigenvalue weighted by Gasteiger charge is 1.99. The fourth-order valence-electron chi connectivity index (χ4n) is 1.47. The second kappa shape index (κ2) is 5.21. The van der Waals surface area contributed by atoms with E-state index in [0.717, 1.165) is 5.56 Å². The quantitative estimate of drug-likeness (QED) is 0.787. The lowest BCUT2D eigenvalue weighted by atomic mass is 10.2. The first-order valence-electron chi connectivity index (χ1n) is 5.15. The van der Waals surface area contributed by atoms with Crippen LogP contribution in [0.2, 0.25) is 5.02 Å². The lowest BCUT2D eigenvalue weighted by Gasteiger charge is -1.91. The summed E-state index contributed by atoms with van der Waals surface area (Å²) in [5, 5.41) is 9.28. The molecule has 2 rings (SSSR count). The van der Waals surface area contributed by atoms with E-state index in [1.807, 2.05) is 18.2 Å². The number of benzene rings is 1. The van der Waals surface area contributed by atoms with E-state index in [2.05, 4.69) is 0 Å². The molecule has 1 aromatic carbocycles. The van der Waals surface area contributed by atoms with Crippen molar-refractivity contribution in [3.63, 3.8) is 0 Å². The van der Waals surface area contributed by atoms with Crippen LogP contribution in [0, 0.1) is 11.3 Å². The first kappa shape index (κ1) is 12.6. The van der Waals surface area contributed by atoms with E-state index in [9.17, 15) is 4.79 Å². The van der Waals surface area contributed by atoms with Gasteiger partial charge in [-0.05, 0) is 23.8 Å². The topological polar surface area (TPSA) is 45.8 Å². The molecule has 2 aromatic rings. The van der Waals surface area contributed by atoms with Crippen LogP contribution >= 0.6 is 22.9 Å². The molecule has 0 aliphatic carbocycles. The number of hydrogen-bond acceptors (Lipinski definition) is 3. The number of halogens is 1. The van der Waals surface area contributed by atoms with E-state index in [0.29, 0.717) is 14.2 Å². The maximum absolute atomic E-state index is 11.9. The SMILES string of the molecule is Cn1c(=O)/c(=C\c2ccc(Cl)cc2)s/c1=C\C#N. The molecule has 0 atom stereocenters. The molecule has 0 spiro atoms. The van der Waals surface area contributed by atoms with Crippen LogP contribution in [0.1, 0.15) is 5.56 Å². The smallest absolute Gasteiger partial charge is 0.268 e. The van der Waals surface area contributed by atoms with E-state index >= 15 is 0 Å². The summed E-state index contributed by atoms with van der Waals surface area (Å²) in [7, 11) is 1.65. The molecule has 0 bridgehead atoms. The van der Waals surface area contributed by atoms with Gasteiger partial charge in [0.1, 0.15) is 4.66 Å². The van der Waals surface area contributed by atoms with Gasteiger partial charge in [0.05, 0.1) is 10.6 Å². The second-order valence-corrected chi connectivity index (χ2v) is 5.14. The third-order valence-corrected chi connectivity index (χ3v) is 3.78. The molecular weight excluding hydrogens is 268 g/mol. The summed E-state index contributed by atoms with van der Waals surface area (Å²) in [5.74, 6) is 0. The second-order valence-electron chi connectivity index (χ2n) is 3.64. The summed E-state index contributed by atoms with van der Waals surface area (Å²) >= 11 is 7.09. The average molecular weight is 277 g/mol. The van der Waals surface area contributed by atoms with Crippen LogP contribution in [0.4, 0.5) is 0 Å². The molecule has 0 fully saturated rings. The highest BCUT2D eigenvalue weighted by molar-refractivity contribution is 7.07. The van der Waals surface area contributed by atoms with Crippen molar-refractivity contribution in [2.45, 2.75) is 0 Å². The lowest BCUT2D eigenvalue weighted by molar-refractivity contribution is 0.857. The number of nitrogens with zero attached hydrogens (tertiary/aromatic N) is 2. The molecule has 90 valence electrons. The predicted molar refractivity (Wildman–Crippen MR) is 73.9 cm³/mol. The Kier molecular flexibility index (Phi) is 3.66. The van der Waals surface area contributed by atoms with Crippen LogP contribution in [-0.2, 0) is 7.05 Å². The number of aromatic nitrogens is 1. The highest BCUT2D eigenvalue weighted by Crippen LogP contribution is 2.09. The zero-order valence-corrected chi connectivity index (χ0v) is 11.1. The maximum Gasteiger partial charge on any atom is 0.268 e. The molecule has 0 aliphatic rings. The predicted octanol–water partition coefficient (Wildman–Crippen LogP) is 1.23. The summed E-state index contributed by atoms with van der Waals surface area (Å²) in [5.41, 5.74) is 0.804. The lowest BCUT2D eigenvalue weighted by Crippen LogP contribution is -2.28. The maximum atomic E-state index is 11.9. The Morgan fingerprint density at radius 1 is 1.39 bits per heavy atom. The van der Waals surface area contributed by atoms with Crippen LogP contribution in [0.15, 0.2) is 29.1 Å². The average Bonchev–Trinajstić information content (AvgIpc) is 2.61. The van der Waals surface area contributed by atoms with Gasteiger partial charge in [-0.15, -0.1) is 11.3 Å². The molecule has 0 amide bonds. The Balaban J connectivity index is 2.63. The van der Waals surface area contributed by atoms with Crippen LogP contribution in [0.3, 0.4) is 0 Å². The van der Waals surface area contributed by atoms with Gasteiger partial charge in [0.2, 0.25) is 0 Å². The van der Waals surface area contributed by atoms with Crippen LogP contribution < -0.4 is 14.8 Å². The third kappa shape index (κ3) is 2.53. The fourth-order valence-corrected chi connectivity index (χ4v) is 2.58. The largest absolute Gasteiger partial charge is 0.301 e. The Labute approximate surface area is 112 Å². The molecule has 3 nitrogen and oxygen atoms in total. The first-order valence-corrected chi connectivity index (χ1v) is 6.34. The summed E-state index contributed by atoms with van der Waals surface area (Å²) in [6.45, 7) is 0. The molecule has 0 saturated heterocycles. The van der Waals surface area contributed by atoms with Gasteiger partial charge in [0, 0.05) is 18.1 Å². The minimum atomic E-state index is -0.101. The number of thiazole rings is 1. The van der Waals surface area contributed by atoms with Gasteiger partial charge < -0.3 is 4.57 Å². The van der Waals surface area contributed by atoms with Crippen molar-refractivity contribution in [3.05, 3.63) is 54.4 Å². The van der Waals surface area contributed by atoms with E-state index in [1.54, 1.807) is 25.3 Å². The molecular formula is C13H9ClN2OS. The molecule has 0 N–H and O–H groups in total. The summed E-state index contributed by atoms with van der Waals surface area (Å²) in [6, 6.07) is 9.16. The van der Waals surface area contributed by atoms with Crippen LogP contribution in [-0.4, -0.2) is 4.57 Å². The number of nitriles is 1. The number of rotatable bonds is 1. The summed E-state index contributed by atoms with van der Waals surface area (Å²) < 4.78 is 2.71. The molecule has 18 heavy (non-hydrogen) atoms. The van der Waals surface area contributed by atoms with Crippen LogP contribution in [0.25, 0.3) is 12.2 Å². The zero-order valence-electron chi connectivity index (χ0n) is 9.55. The highest BCUT2D eigenvalue weighted by atomic mass is 35.5. The van der Waals surface area contributed by atoms with Gasteiger partial charge in [-0.25, -0.2) is 0 Å². The molecule has 0 unspecified atom stereocenters. The van der Waals surface area contributed by atoms with Crippen molar-refractivity contribution >= 4 is 35.1 Å². The van der Waals surface area contributed by atoms with Gasteiger partial charge in [0.25, 0.3) is 5.56 Å². The van der Waals surface area contributed by atoms with Crippen LogP contribution in [0.5, 0.6) is 0 Å². The Morgan fingerprint density at radius 3 is 2.67 bits per heavy atom. The van der Waals surface area contributed by atoms with Crippen molar-refractivity contribution in [2.24, 2.45) is 7.05 Å². The Hall–Kier alpha value is -1.83. The van der Waals surface area contributed by atoms with Gasteiger partial charge in [-0.2, -0.15) is 5.26 Å². The monoisotopic (exact) mass is 276 g/mol. The third-order valence-electron chi connectivity index (χ3n) is 2.42. The molecule has 0 aliphatic heterocycles. The number of hydrogen-bond donors (Lipinski definition) is 0. The van der Waals surface area contributed by atoms with Crippen molar-refractivity contribution < 1.29 is 0 Å². The van der Waals surface area contributed by atoms with E-state index in [-0.39, 0.29) is 5.56 Å². The standard InChI is InChI=1S/C13H9ClN2OS/c1-16-12(6-7-15)18-11(13(16)17)8-9-2-4-10(14)5-3-9/h2-6,8H,1H3/b11-8+,12-6-. The Morgan fingerprint density at radius 2 is 2.06 bits per heavy atom. The van der Waals surface area contributed by atoms with Gasteiger partial charge in [0.15, 0.2) is 0 Å². The molecule has 1 heterocycles. The summed E-state index contributed by atoms with van der Waals surface area (Å²) in [4.78, 5) is 11.9. The van der Waals surface area contributed by atoms with Gasteiger partial charge in [-0.1, -0.05) is 23.7 Å². The molecule has 0 saturated carbocycles. The van der Waals surface area contributed by atoms with E-state index < -0.39 is 0 Å². The normalized spacial score (nSPS) is 12.7. The van der Waals surface area contributed by atoms with Crippen molar-refractivity contribution in [3.8, 4) is 6.07 Å². The van der Waals surface area contributed by atoms with Gasteiger partial charge >= 0.3 is 0 Å². The minimum absolute atomic E-state index is 0.101. The van der Waals surface area contributed by atoms with Crippen molar-refractivity contribution in [2.75, 3.05) is 0 Å².